The Balaban J connectivity index is 1.58. The molecule has 0 saturated heterocycles. The first kappa shape index (κ1) is 21.0. The third-order valence-corrected chi connectivity index (χ3v) is 4.44. The Bertz CT molecular complexity index is 1120. The normalized spacial score (nSPS) is 12.6. The van der Waals surface area contributed by atoms with Gasteiger partial charge in [0.2, 0.25) is 12.1 Å². The first-order valence-electron chi connectivity index (χ1n) is 9.70. The van der Waals surface area contributed by atoms with Gasteiger partial charge in [0.05, 0.1) is 19.1 Å². The standard InChI is InChI=1S/C23H19N3O6/c27-21(26-15-18-3-1-13-29-18)20(16-5-9-24-10-6-16)31-23(17-7-11-25-12-8-17)32-22(28)19-4-2-14-30-19/h1-14,20,23H,15H2,(H,26,27). The molecule has 0 aromatic carbocycles. The molecule has 0 aliphatic rings. The van der Waals surface area contributed by atoms with Crippen LogP contribution in [0.3, 0.4) is 0 Å². The molecule has 32 heavy (non-hydrogen) atoms. The Morgan fingerprint density at radius 1 is 0.875 bits per heavy atom. The first-order valence-corrected chi connectivity index (χ1v) is 9.70. The molecule has 9 nitrogen and oxygen atoms in total. The van der Waals surface area contributed by atoms with E-state index in [1.807, 2.05) is 0 Å². The number of esters is 1. The molecule has 9 heteroatoms. The summed E-state index contributed by atoms with van der Waals surface area (Å²) in [6, 6.07) is 13.1. The van der Waals surface area contributed by atoms with Crippen molar-refractivity contribution >= 4 is 11.9 Å². The van der Waals surface area contributed by atoms with E-state index in [2.05, 4.69) is 15.3 Å². The second-order valence-electron chi connectivity index (χ2n) is 6.59. The van der Waals surface area contributed by atoms with E-state index < -0.39 is 24.3 Å². The summed E-state index contributed by atoms with van der Waals surface area (Å²) in [5.41, 5.74) is 1.03. The zero-order valence-electron chi connectivity index (χ0n) is 16.8. The summed E-state index contributed by atoms with van der Waals surface area (Å²) in [6.07, 6.45) is 6.73. The van der Waals surface area contributed by atoms with Crippen molar-refractivity contribution < 1.29 is 27.9 Å². The number of nitrogens with one attached hydrogen (secondary N) is 1. The molecule has 4 aromatic heterocycles. The molecule has 1 N–H and O–H groups in total. The van der Waals surface area contributed by atoms with Crippen molar-refractivity contribution in [1.82, 2.24) is 15.3 Å². The highest BCUT2D eigenvalue weighted by molar-refractivity contribution is 5.86. The van der Waals surface area contributed by atoms with Crippen LogP contribution in [-0.4, -0.2) is 21.8 Å². The average molecular weight is 433 g/mol. The minimum Gasteiger partial charge on any atom is -0.467 e. The van der Waals surface area contributed by atoms with E-state index in [1.165, 1.54) is 31.0 Å². The van der Waals surface area contributed by atoms with Crippen LogP contribution in [0.5, 0.6) is 0 Å². The molecule has 0 bridgehead atoms. The van der Waals surface area contributed by atoms with Crippen molar-refractivity contribution in [2.24, 2.45) is 0 Å². The molecule has 2 atom stereocenters. The van der Waals surface area contributed by atoms with Crippen molar-refractivity contribution in [3.05, 3.63) is 108 Å². The number of amides is 1. The van der Waals surface area contributed by atoms with Gasteiger partial charge in [0.1, 0.15) is 5.76 Å². The zero-order chi connectivity index (χ0) is 22.2. The largest absolute Gasteiger partial charge is 0.467 e. The summed E-state index contributed by atoms with van der Waals surface area (Å²) >= 11 is 0. The van der Waals surface area contributed by atoms with Gasteiger partial charge >= 0.3 is 5.97 Å². The summed E-state index contributed by atoms with van der Waals surface area (Å²) in [5, 5.41) is 2.77. The fourth-order valence-electron chi connectivity index (χ4n) is 2.88. The molecular weight excluding hydrogens is 414 g/mol. The third-order valence-electron chi connectivity index (χ3n) is 4.44. The van der Waals surface area contributed by atoms with Gasteiger partial charge in [-0.2, -0.15) is 0 Å². The van der Waals surface area contributed by atoms with Crippen molar-refractivity contribution in [2.45, 2.75) is 18.9 Å². The lowest BCUT2D eigenvalue weighted by molar-refractivity contribution is -0.167. The van der Waals surface area contributed by atoms with E-state index in [4.69, 9.17) is 18.3 Å². The van der Waals surface area contributed by atoms with Crippen LogP contribution in [0.2, 0.25) is 0 Å². The van der Waals surface area contributed by atoms with Crippen molar-refractivity contribution in [2.75, 3.05) is 0 Å². The third kappa shape index (κ3) is 5.27. The number of hydrogen-bond acceptors (Lipinski definition) is 8. The van der Waals surface area contributed by atoms with E-state index in [1.54, 1.807) is 54.9 Å². The molecule has 0 aliphatic heterocycles. The number of hydrogen-bond donors (Lipinski definition) is 1. The van der Waals surface area contributed by atoms with E-state index in [-0.39, 0.29) is 12.3 Å². The maximum atomic E-state index is 13.1. The highest BCUT2D eigenvalue weighted by atomic mass is 16.7. The number of carbonyl (C=O) groups excluding carboxylic acids is 2. The maximum absolute atomic E-state index is 13.1. The number of pyridine rings is 2. The highest BCUT2D eigenvalue weighted by Crippen LogP contribution is 2.29. The number of rotatable bonds is 9. The number of carbonyl (C=O) groups is 2. The van der Waals surface area contributed by atoms with Crippen molar-refractivity contribution in [3.8, 4) is 0 Å². The van der Waals surface area contributed by atoms with Crippen LogP contribution in [0.15, 0.2) is 94.7 Å². The van der Waals surface area contributed by atoms with Gasteiger partial charge in [0.15, 0.2) is 6.10 Å². The Kier molecular flexibility index (Phi) is 6.69. The summed E-state index contributed by atoms with van der Waals surface area (Å²) in [4.78, 5) is 33.5. The van der Waals surface area contributed by atoms with Gasteiger partial charge in [-0.1, -0.05) is 0 Å². The zero-order valence-corrected chi connectivity index (χ0v) is 16.8. The second kappa shape index (κ2) is 10.2. The SMILES string of the molecule is O=C(OC(OC(C(=O)NCc1ccco1)c1ccncc1)c1ccncc1)c1ccco1. The molecule has 0 fully saturated rings. The Labute approximate surface area is 183 Å². The summed E-state index contributed by atoms with van der Waals surface area (Å²) in [6.45, 7) is 0.170. The summed E-state index contributed by atoms with van der Waals surface area (Å²) in [7, 11) is 0. The lowest BCUT2D eigenvalue weighted by atomic mass is 10.1. The predicted molar refractivity (Wildman–Crippen MR) is 110 cm³/mol. The second-order valence-corrected chi connectivity index (χ2v) is 6.59. The molecule has 4 heterocycles. The molecule has 2 unspecified atom stereocenters. The molecule has 0 spiro atoms. The monoisotopic (exact) mass is 433 g/mol. The predicted octanol–water partition coefficient (Wildman–Crippen LogP) is 3.59. The fraction of sp³-hybridized carbons (Fsp3) is 0.130. The van der Waals surface area contributed by atoms with Gasteiger partial charge in [0.25, 0.3) is 5.91 Å². The van der Waals surface area contributed by atoms with Crippen molar-refractivity contribution in [1.29, 1.82) is 0 Å². The molecule has 4 aromatic rings. The van der Waals surface area contributed by atoms with Gasteiger partial charge in [0, 0.05) is 30.4 Å². The molecule has 1 amide bonds. The number of nitrogens with zero attached hydrogens (tertiary/aromatic N) is 2. The van der Waals surface area contributed by atoms with Crippen LogP contribution in [0.4, 0.5) is 0 Å². The quantitative estimate of drug-likeness (QED) is 0.314. The summed E-state index contributed by atoms with van der Waals surface area (Å²) in [5.74, 6) is -0.584. The average Bonchev–Trinajstić information content (AvgIpc) is 3.56. The van der Waals surface area contributed by atoms with Crippen LogP contribution in [0, 0.1) is 0 Å². The van der Waals surface area contributed by atoms with Crippen LogP contribution >= 0.6 is 0 Å². The summed E-state index contributed by atoms with van der Waals surface area (Å²) < 4.78 is 21.9. The lowest BCUT2D eigenvalue weighted by Gasteiger charge is -2.24. The van der Waals surface area contributed by atoms with E-state index in [9.17, 15) is 9.59 Å². The van der Waals surface area contributed by atoms with Crippen LogP contribution in [0.25, 0.3) is 0 Å². The van der Waals surface area contributed by atoms with Crippen LogP contribution in [0.1, 0.15) is 39.8 Å². The minimum absolute atomic E-state index is 0.00962. The van der Waals surface area contributed by atoms with E-state index in [0.717, 1.165) is 0 Å². The Morgan fingerprint density at radius 3 is 2.16 bits per heavy atom. The van der Waals surface area contributed by atoms with Gasteiger partial charge < -0.3 is 23.6 Å². The molecule has 0 saturated carbocycles. The van der Waals surface area contributed by atoms with Gasteiger partial charge in [-0.05, 0) is 54.1 Å². The highest BCUT2D eigenvalue weighted by Gasteiger charge is 2.29. The topological polar surface area (TPSA) is 117 Å². The van der Waals surface area contributed by atoms with E-state index in [0.29, 0.717) is 16.9 Å². The number of ether oxygens (including phenoxy) is 2. The Morgan fingerprint density at radius 2 is 1.53 bits per heavy atom. The molecule has 4 rings (SSSR count). The van der Waals surface area contributed by atoms with Crippen LogP contribution < -0.4 is 5.32 Å². The number of furan rings is 2. The van der Waals surface area contributed by atoms with Gasteiger partial charge in [-0.25, -0.2) is 4.79 Å². The molecule has 162 valence electrons. The van der Waals surface area contributed by atoms with Gasteiger partial charge in [-0.3, -0.25) is 14.8 Å². The lowest BCUT2D eigenvalue weighted by Crippen LogP contribution is -2.32. The van der Waals surface area contributed by atoms with E-state index >= 15 is 0 Å². The maximum Gasteiger partial charge on any atom is 0.376 e. The smallest absolute Gasteiger partial charge is 0.376 e. The number of aromatic nitrogens is 2. The molecule has 0 aliphatic carbocycles. The molecule has 0 radical (unpaired) electrons. The minimum atomic E-state index is -1.21. The fourth-order valence-corrected chi connectivity index (χ4v) is 2.88. The Hall–Kier alpha value is -4.24. The van der Waals surface area contributed by atoms with Gasteiger partial charge in [-0.15, -0.1) is 0 Å². The first-order chi connectivity index (χ1) is 15.7. The molecular formula is C23H19N3O6. The van der Waals surface area contributed by atoms with Crippen molar-refractivity contribution in [3.63, 3.8) is 0 Å². The van der Waals surface area contributed by atoms with Crippen LogP contribution in [-0.2, 0) is 20.8 Å².